The average Bonchev–Trinajstić information content (AvgIpc) is 2.64. The van der Waals surface area contributed by atoms with Gasteiger partial charge in [0.2, 0.25) is 0 Å². The Morgan fingerprint density at radius 2 is 2.29 bits per heavy atom. The third-order valence-corrected chi connectivity index (χ3v) is 3.32. The molecule has 17 heavy (non-hydrogen) atoms. The van der Waals surface area contributed by atoms with Crippen molar-refractivity contribution in [1.82, 2.24) is 14.8 Å². The van der Waals surface area contributed by atoms with Crippen molar-refractivity contribution >= 4 is 27.5 Å². The molecule has 0 aliphatic rings. The standard InChI is InChI=1S/C11H11BrClN3O/c1-16-11(14-6-15-16)5-10(17)8-3-2-7(12)4-9(8)13/h2-4,6,10,17H,5H2,1H3. The molecule has 1 N–H and O–H groups in total. The molecule has 0 amide bonds. The summed E-state index contributed by atoms with van der Waals surface area (Å²) in [7, 11) is 1.79. The predicted molar refractivity (Wildman–Crippen MR) is 68.8 cm³/mol. The Bertz CT molecular complexity index is 529. The molecule has 0 radical (unpaired) electrons. The quantitative estimate of drug-likeness (QED) is 0.946. The molecule has 0 bridgehead atoms. The van der Waals surface area contributed by atoms with Crippen LogP contribution in [0.1, 0.15) is 17.5 Å². The van der Waals surface area contributed by atoms with Gasteiger partial charge in [-0.3, -0.25) is 4.68 Å². The minimum atomic E-state index is -0.682. The van der Waals surface area contributed by atoms with Gasteiger partial charge in [0.05, 0.1) is 6.10 Å². The highest BCUT2D eigenvalue weighted by Crippen LogP contribution is 2.27. The van der Waals surface area contributed by atoms with Crippen LogP contribution in [0, 0.1) is 0 Å². The van der Waals surface area contributed by atoms with E-state index in [1.807, 2.05) is 6.07 Å². The Hall–Kier alpha value is -0.910. The van der Waals surface area contributed by atoms with Crippen LogP contribution in [0.25, 0.3) is 0 Å². The Morgan fingerprint density at radius 3 is 2.88 bits per heavy atom. The molecular weight excluding hydrogens is 305 g/mol. The minimum Gasteiger partial charge on any atom is -0.388 e. The van der Waals surface area contributed by atoms with E-state index in [0.29, 0.717) is 17.0 Å². The highest BCUT2D eigenvalue weighted by Gasteiger charge is 2.15. The average molecular weight is 317 g/mol. The molecule has 0 spiro atoms. The number of rotatable bonds is 3. The minimum absolute atomic E-state index is 0.387. The summed E-state index contributed by atoms with van der Waals surface area (Å²) in [5, 5.41) is 14.6. The molecule has 1 aromatic carbocycles. The van der Waals surface area contributed by atoms with Crippen LogP contribution >= 0.6 is 27.5 Å². The first-order valence-corrected chi connectivity index (χ1v) is 6.21. The monoisotopic (exact) mass is 315 g/mol. The van der Waals surface area contributed by atoms with Gasteiger partial charge in [0.1, 0.15) is 12.2 Å². The maximum Gasteiger partial charge on any atom is 0.138 e. The summed E-state index contributed by atoms with van der Waals surface area (Å²) in [4.78, 5) is 4.07. The van der Waals surface area contributed by atoms with Gasteiger partial charge < -0.3 is 5.11 Å². The molecule has 0 aliphatic heterocycles. The van der Waals surface area contributed by atoms with Gasteiger partial charge >= 0.3 is 0 Å². The Balaban J connectivity index is 2.20. The number of aryl methyl sites for hydroxylation is 1. The van der Waals surface area contributed by atoms with E-state index < -0.39 is 6.10 Å². The molecule has 1 aromatic heterocycles. The summed E-state index contributed by atoms with van der Waals surface area (Å²) in [6.45, 7) is 0. The van der Waals surface area contributed by atoms with Crippen molar-refractivity contribution in [2.75, 3.05) is 0 Å². The SMILES string of the molecule is Cn1ncnc1CC(O)c1ccc(Br)cc1Cl. The van der Waals surface area contributed by atoms with Crippen LogP contribution in [0.3, 0.4) is 0 Å². The molecule has 4 nitrogen and oxygen atoms in total. The Kier molecular flexibility index (Phi) is 3.81. The van der Waals surface area contributed by atoms with Crippen LogP contribution in [0.2, 0.25) is 5.02 Å². The van der Waals surface area contributed by atoms with E-state index in [9.17, 15) is 5.11 Å². The number of benzene rings is 1. The number of aliphatic hydroxyl groups excluding tert-OH is 1. The predicted octanol–water partition coefficient (Wildman–Crippen LogP) is 2.51. The number of aromatic nitrogens is 3. The van der Waals surface area contributed by atoms with Crippen molar-refractivity contribution in [2.24, 2.45) is 7.05 Å². The molecule has 6 heteroatoms. The molecule has 1 unspecified atom stereocenters. The van der Waals surface area contributed by atoms with E-state index in [-0.39, 0.29) is 0 Å². The zero-order valence-corrected chi connectivity index (χ0v) is 11.5. The fourth-order valence-corrected chi connectivity index (χ4v) is 2.36. The Morgan fingerprint density at radius 1 is 1.53 bits per heavy atom. The lowest BCUT2D eigenvalue weighted by Gasteiger charge is -2.12. The third kappa shape index (κ3) is 2.86. The zero-order chi connectivity index (χ0) is 12.4. The third-order valence-electron chi connectivity index (χ3n) is 2.50. The van der Waals surface area contributed by atoms with Crippen molar-refractivity contribution in [1.29, 1.82) is 0 Å². The lowest BCUT2D eigenvalue weighted by Crippen LogP contribution is -2.08. The van der Waals surface area contributed by atoms with E-state index >= 15 is 0 Å². The number of nitrogens with zero attached hydrogens (tertiary/aromatic N) is 3. The molecule has 2 aromatic rings. The number of aliphatic hydroxyl groups is 1. The fourth-order valence-electron chi connectivity index (χ4n) is 1.56. The van der Waals surface area contributed by atoms with E-state index in [4.69, 9.17) is 11.6 Å². The van der Waals surface area contributed by atoms with Gasteiger partial charge in [-0.15, -0.1) is 0 Å². The van der Waals surface area contributed by atoms with Crippen LogP contribution in [-0.4, -0.2) is 19.9 Å². The van der Waals surface area contributed by atoms with Crippen molar-refractivity contribution in [3.05, 3.63) is 45.4 Å². The van der Waals surface area contributed by atoms with E-state index in [2.05, 4.69) is 26.0 Å². The fraction of sp³-hybridized carbons (Fsp3) is 0.273. The number of hydrogen-bond donors (Lipinski definition) is 1. The molecule has 0 aliphatic carbocycles. The normalized spacial score (nSPS) is 12.7. The van der Waals surface area contributed by atoms with Gasteiger partial charge in [-0.2, -0.15) is 5.10 Å². The molecule has 0 saturated heterocycles. The summed E-state index contributed by atoms with van der Waals surface area (Å²) in [6.07, 6.45) is 1.17. The van der Waals surface area contributed by atoms with Crippen LogP contribution in [0.5, 0.6) is 0 Å². The van der Waals surface area contributed by atoms with E-state index in [1.165, 1.54) is 6.33 Å². The molecule has 0 fully saturated rings. The Labute approximate surface area is 112 Å². The molecule has 1 heterocycles. The van der Waals surface area contributed by atoms with Gasteiger partial charge in [0, 0.05) is 23.0 Å². The molecule has 2 rings (SSSR count). The first kappa shape index (κ1) is 12.5. The maximum atomic E-state index is 10.1. The first-order valence-electron chi connectivity index (χ1n) is 5.04. The molecule has 1 atom stereocenters. The summed E-state index contributed by atoms with van der Waals surface area (Å²) < 4.78 is 2.52. The van der Waals surface area contributed by atoms with Crippen molar-refractivity contribution < 1.29 is 5.11 Å². The zero-order valence-electron chi connectivity index (χ0n) is 9.14. The molecule has 90 valence electrons. The lowest BCUT2D eigenvalue weighted by molar-refractivity contribution is 0.174. The van der Waals surface area contributed by atoms with Crippen molar-refractivity contribution in [3.8, 4) is 0 Å². The van der Waals surface area contributed by atoms with E-state index in [1.54, 1.807) is 23.9 Å². The highest BCUT2D eigenvalue weighted by molar-refractivity contribution is 9.10. The van der Waals surface area contributed by atoms with Gasteiger partial charge in [-0.1, -0.05) is 33.6 Å². The summed E-state index contributed by atoms with van der Waals surface area (Å²) in [5.74, 6) is 0.719. The van der Waals surface area contributed by atoms with Crippen LogP contribution < -0.4 is 0 Å². The largest absolute Gasteiger partial charge is 0.388 e. The van der Waals surface area contributed by atoms with Crippen molar-refractivity contribution in [2.45, 2.75) is 12.5 Å². The van der Waals surface area contributed by atoms with Gasteiger partial charge in [0.25, 0.3) is 0 Å². The van der Waals surface area contributed by atoms with Gasteiger partial charge in [-0.25, -0.2) is 4.98 Å². The second kappa shape index (κ2) is 5.16. The topological polar surface area (TPSA) is 50.9 Å². The number of halogens is 2. The maximum absolute atomic E-state index is 10.1. The summed E-state index contributed by atoms with van der Waals surface area (Å²) in [6, 6.07) is 5.41. The van der Waals surface area contributed by atoms with Crippen LogP contribution in [0.4, 0.5) is 0 Å². The van der Waals surface area contributed by atoms with Gasteiger partial charge in [0.15, 0.2) is 0 Å². The summed E-state index contributed by atoms with van der Waals surface area (Å²) >= 11 is 9.40. The lowest BCUT2D eigenvalue weighted by atomic mass is 10.1. The second-order valence-electron chi connectivity index (χ2n) is 3.69. The summed E-state index contributed by atoms with van der Waals surface area (Å²) in [5.41, 5.74) is 0.692. The first-order chi connectivity index (χ1) is 8.08. The molecular formula is C11H11BrClN3O. The highest BCUT2D eigenvalue weighted by atomic mass is 79.9. The van der Waals surface area contributed by atoms with Crippen molar-refractivity contribution in [3.63, 3.8) is 0 Å². The van der Waals surface area contributed by atoms with Gasteiger partial charge in [-0.05, 0) is 17.7 Å². The number of hydrogen-bond acceptors (Lipinski definition) is 3. The second-order valence-corrected chi connectivity index (χ2v) is 5.01. The van der Waals surface area contributed by atoms with Crippen LogP contribution in [0.15, 0.2) is 29.0 Å². The molecule has 0 saturated carbocycles. The van der Waals surface area contributed by atoms with Crippen LogP contribution in [-0.2, 0) is 13.5 Å². The smallest absolute Gasteiger partial charge is 0.138 e. The van der Waals surface area contributed by atoms with E-state index in [0.717, 1.165) is 10.3 Å².